The molecule has 0 bridgehead atoms. The van der Waals surface area contributed by atoms with Crippen molar-refractivity contribution in [3.63, 3.8) is 0 Å². The predicted octanol–water partition coefficient (Wildman–Crippen LogP) is 2.55. The van der Waals surface area contributed by atoms with Gasteiger partial charge in [0, 0.05) is 13.3 Å². The molecule has 0 fully saturated rings. The van der Waals surface area contributed by atoms with Gasteiger partial charge in [-0.05, 0) is 30.2 Å². The Balaban J connectivity index is 2.06. The van der Waals surface area contributed by atoms with E-state index in [4.69, 9.17) is 9.47 Å². The summed E-state index contributed by atoms with van der Waals surface area (Å²) in [4.78, 5) is 15.7. The Kier molecular flexibility index (Phi) is 5.29. The van der Waals surface area contributed by atoms with E-state index < -0.39 is 0 Å². The van der Waals surface area contributed by atoms with Gasteiger partial charge in [-0.25, -0.2) is 4.98 Å². The Hall–Kier alpha value is -2.40. The van der Waals surface area contributed by atoms with Gasteiger partial charge in [0.1, 0.15) is 13.2 Å². The highest BCUT2D eigenvalue weighted by Crippen LogP contribution is 2.22. The van der Waals surface area contributed by atoms with Gasteiger partial charge in [-0.15, -0.1) is 0 Å². The van der Waals surface area contributed by atoms with Crippen LogP contribution in [0.5, 0.6) is 5.75 Å². The molecule has 0 radical (unpaired) electrons. The van der Waals surface area contributed by atoms with E-state index in [1.165, 1.54) is 7.11 Å². The molecule has 0 saturated heterocycles. The van der Waals surface area contributed by atoms with Gasteiger partial charge in [0.05, 0.1) is 0 Å². The number of hydrogen-bond acceptors (Lipinski definition) is 4. The number of aryl methyl sites for hydroxylation is 1. The second-order valence-electron chi connectivity index (χ2n) is 4.55. The summed E-state index contributed by atoms with van der Waals surface area (Å²) in [5.41, 5.74) is 2.25. The van der Waals surface area contributed by atoms with Crippen LogP contribution in [-0.4, -0.2) is 24.6 Å². The van der Waals surface area contributed by atoms with Crippen LogP contribution in [0.3, 0.4) is 0 Å². The van der Waals surface area contributed by atoms with Crippen molar-refractivity contribution in [2.75, 3.05) is 19.0 Å². The third-order valence-corrected chi connectivity index (χ3v) is 2.95. The van der Waals surface area contributed by atoms with Crippen LogP contribution in [-0.2, 0) is 16.1 Å². The Bertz CT molecular complexity index is 614. The molecule has 1 heterocycles. The van der Waals surface area contributed by atoms with Gasteiger partial charge in [0.2, 0.25) is 0 Å². The number of nitrogens with one attached hydrogen (secondary N) is 1. The summed E-state index contributed by atoms with van der Waals surface area (Å²) in [6, 6.07) is 11.5. The minimum atomic E-state index is -0.267. The van der Waals surface area contributed by atoms with E-state index in [-0.39, 0.29) is 12.5 Å². The van der Waals surface area contributed by atoms with Crippen molar-refractivity contribution in [3.05, 3.63) is 53.7 Å². The summed E-state index contributed by atoms with van der Waals surface area (Å²) < 4.78 is 10.5. The lowest BCUT2D eigenvalue weighted by atomic mass is 10.1. The third kappa shape index (κ3) is 4.29. The van der Waals surface area contributed by atoms with E-state index in [1.54, 1.807) is 18.3 Å². The van der Waals surface area contributed by atoms with Crippen LogP contribution in [0, 0.1) is 6.92 Å². The van der Waals surface area contributed by atoms with Crippen molar-refractivity contribution in [1.29, 1.82) is 0 Å². The molecule has 110 valence electrons. The highest BCUT2D eigenvalue weighted by Gasteiger charge is 2.09. The largest absolute Gasteiger partial charge is 0.485 e. The number of anilines is 1. The van der Waals surface area contributed by atoms with Crippen molar-refractivity contribution >= 4 is 11.7 Å². The lowest BCUT2D eigenvalue weighted by Crippen LogP contribution is -2.18. The fourth-order valence-corrected chi connectivity index (χ4v) is 1.83. The standard InChI is InChI=1S/C16H18N2O3/c1-12-6-3-4-7-13(12)10-21-14-8-5-9-17-16(14)18-15(19)11-20-2/h3-9H,10-11H2,1-2H3,(H,17,18,19). The Morgan fingerprint density at radius 1 is 1.24 bits per heavy atom. The maximum absolute atomic E-state index is 11.6. The molecule has 1 aromatic carbocycles. The fraction of sp³-hybridized carbons (Fsp3) is 0.250. The Morgan fingerprint density at radius 3 is 2.81 bits per heavy atom. The highest BCUT2D eigenvalue weighted by atomic mass is 16.5. The first-order chi connectivity index (χ1) is 10.2. The number of ether oxygens (including phenoxy) is 2. The quantitative estimate of drug-likeness (QED) is 0.886. The molecule has 0 aliphatic carbocycles. The molecule has 1 N–H and O–H groups in total. The zero-order valence-corrected chi connectivity index (χ0v) is 12.1. The van der Waals surface area contributed by atoms with E-state index in [0.717, 1.165) is 11.1 Å². The maximum Gasteiger partial charge on any atom is 0.251 e. The molecule has 5 heteroatoms. The third-order valence-electron chi connectivity index (χ3n) is 2.95. The number of rotatable bonds is 6. The summed E-state index contributed by atoms with van der Waals surface area (Å²) in [5, 5.41) is 2.66. The molecule has 0 aliphatic rings. The van der Waals surface area contributed by atoms with Gasteiger partial charge < -0.3 is 14.8 Å². The van der Waals surface area contributed by atoms with Gasteiger partial charge >= 0.3 is 0 Å². The van der Waals surface area contributed by atoms with Gasteiger partial charge in [0.15, 0.2) is 11.6 Å². The second kappa shape index (κ2) is 7.40. The molecule has 5 nitrogen and oxygen atoms in total. The zero-order valence-electron chi connectivity index (χ0n) is 12.1. The first kappa shape index (κ1) is 15.0. The second-order valence-corrected chi connectivity index (χ2v) is 4.55. The molecule has 1 aromatic heterocycles. The first-order valence-corrected chi connectivity index (χ1v) is 6.62. The number of pyridine rings is 1. The van der Waals surface area contributed by atoms with Crippen molar-refractivity contribution < 1.29 is 14.3 Å². The minimum Gasteiger partial charge on any atom is -0.485 e. The van der Waals surface area contributed by atoms with Crippen LogP contribution in [0.2, 0.25) is 0 Å². The van der Waals surface area contributed by atoms with Crippen LogP contribution in [0.4, 0.5) is 5.82 Å². The van der Waals surface area contributed by atoms with Crippen LogP contribution in [0.25, 0.3) is 0 Å². The van der Waals surface area contributed by atoms with Gasteiger partial charge in [-0.1, -0.05) is 24.3 Å². The summed E-state index contributed by atoms with van der Waals surface area (Å²) in [6.45, 7) is 2.43. The summed E-state index contributed by atoms with van der Waals surface area (Å²) in [5.74, 6) is 0.662. The van der Waals surface area contributed by atoms with Crippen LogP contribution in [0.1, 0.15) is 11.1 Å². The van der Waals surface area contributed by atoms with Crippen molar-refractivity contribution in [2.45, 2.75) is 13.5 Å². The number of nitrogens with zero attached hydrogens (tertiary/aromatic N) is 1. The normalized spacial score (nSPS) is 10.2. The van der Waals surface area contributed by atoms with Crippen molar-refractivity contribution in [1.82, 2.24) is 4.98 Å². The molecule has 0 saturated carbocycles. The number of amides is 1. The molecule has 1 amide bonds. The van der Waals surface area contributed by atoms with E-state index in [1.807, 2.05) is 31.2 Å². The topological polar surface area (TPSA) is 60.5 Å². The summed E-state index contributed by atoms with van der Waals surface area (Å²) in [7, 11) is 1.47. The maximum atomic E-state index is 11.6. The highest BCUT2D eigenvalue weighted by molar-refractivity contribution is 5.92. The Morgan fingerprint density at radius 2 is 2.05 bits per heavy atom. The van der Waals surface area contributed by atoms with Crippen molar-refractivity contribution in [2.24, 2.45) is 0 Å². The van der Waals surface area contributed by atoms with E-state index >= 15 is 0 Å². The number of benzene rings is 1. The van der Waals surface area contributed by atoms with Crippen LogP contribution >= 0.6 is 0 Å². The molecule has 0 atom stereocenters. The molecule has 2 aromatic rings. The smallest absolute Gasteiger partial charge is 0.251 e. The van der Waals surface area contributed by atoms with E-state index in [0.29, 0.717) is 18.2 Å². The molecular weight excluding hydrogens is 268 g/mol. The van der Waals surface area contributed by atoms with Gasteiger partial charge in [-0.2, -0.15) is 0 Å². The number of carbonyl (C=O) groups excluding carboxylic acids is 1. The SMILES string of the molecule is COCC(=O)Nc1ncccc1OCc1ccccc1C. The zero-order chi connectivity index (χ0) is 15.1. The van der Waals surface area contributed by atoms with Crippen LogP contribution < -0.4 is 10.1 Å². The predicted molar refractivity (Wildman–Crippen MR) is 80.3 cm³/mol. The molecule has 21 heavy (non-hydrogen) atoms. The first-order valence-electron chi connectivity index (χ1n) is 6.62. The summed E-state index contributed by atoms with van der Waals surface area (Å²) >= 11 is 0. The van der Waals surface area contributed by atoms with Gasteiger partial charge in [-0.3, -0.25) is 4.79 Å². The molecule has 0 spiro atoms. The number of methoxy groups -OCH3 is 1. The van der Waals surface area contributed by atoms with E-state index in [2.05, 4.69) is 10.3 Å². The molecular formula is C16H18N2O3. The molecule has 0 aliphatic heterocycles. The average molecular weight is 286 g/mol. The fourth-order valence-electron chi connectivity index (χ4n) is 1.83. The minimum absolute atomic E-state index is 0.0200. The summed E-state index contributed by atoms with van der Waals surface area (Å²) in [6.07, 6.45) is 1.60. The molecule has 0 unspecified atom stereocenters. The lowest BCUT2D eigenvalue weighted by molar-refractivity contribution is -0.119. The average Bonchev–Trinajstić information content (AvgIpc) is 2.48. The lowest BCUT2D eigenvalue weighted by Gasteiger charge is -2.12. The number of carbonyl (C=O) groups is 1. The Labute approximate surface area is 123 Å². The van der Waals surface area contributed by atoms with Crippen molar-refractivity contribution in [3.8, 4) is 5.75 Å². The molecule has 2 rings (SSSR count). The number of aromatic nitrogens is 1. The van der Waals surface area contributed by atoms with Gasteiger partial charge in [0.25, 0.3) is 5.91 Å². The monoisotopic (exact) mass is 286 g/mol. The number of hydrogen-bond donors (Lipinski definition) is 1. The van der Waals surface area contributed by atoms with E-state index in [9.17, 15) is 4.79 Å². The van der Waals surface area contributed by atoms with Crippen LogP contribution in [0.15, 0.2) is 42.6 Å².